The molecule has 524 valence electrons. The fourth-order valence-electron chi connectivity index (χ4n) is 15.0. The maximum absolute atomic E-state index is 18.1. The molecule has 8 aromatic carbocycles. The molecule has 0 spiro atoms. The van der Waals surface area contributed by atoms with Gasteiger partial charge in [-0.15, -0.1) is 0 Å². The van der Waals surface area contributed by atoms with Gasteiger partial charge in [0.1, 0.15) is 39.7 Å². The molecular formula is C75H55F8N7O13. The Morgan fingerprint density at radius 3 is 0.990 bits per heavy atom. The number of hydrogen-bond acceptors (Lipinski definition) is 12. The summed E-state index contributed by atoms with van der Waals surface area (Å²) in [5, 5.41) is 63.5. The topological polar surface area (TPSA) is 308 Å². The summed E-state index contributed by atoms with van der Waals surface area (Å²) in [7, 11) is 0.978. The standard InChI is InChI=1S/C75H55F8N7O13/c1-7-86-73(103)75(63-35(5)90(59-23-15-43(94)31-47(59)63)70(99)39-11-19-51(79)55(83)27-39,64(66(95)85-6)60-32(2)87(56-20-12-40(91)28-44(56)60)67(96)36-8-16-48(76)52(80)24-36)74(72(84)102,62-34(4)89(58-22-14-42(93)30-46(58)62)69(98)38-10-18-50(78)54(82)26-38)65(71(100)101)61-33(3)88(57-21-13-41(92)29-45(57)61)68(97)37-9-17-49(77)53(81)25-37/h8-31,64-65,91-94H,7H2,1-6H3,(H2,84,102)(H,85,95)(H,86,103)(H,100,101). The van der Waals surface area contributed by atoms with Gasteiger partial charge in [-0.25, -0.2) is 35.1 Å². The monoisotopic (exact) mass is 1410 g/mol. The summed E-state index contributed by atoms with van der Waals surface area (Å²) in [5.74, 6) is -34.0. The van der Waals surface area contributed by atoms with E-state index in [4.69, 9.17) is 5.73 Å². The van der Waals surface area contributed by atoms with Gasteiger partial charge in [-0.05, 0) is 202 Å². The Hall–Kier alpha value is -12.9. The van der Waals surface area contributed by atoms with Crippen LogP contribution in [0.2, 0.25) is 0 Å². The lowest BCUT2D eigenvalue weighted by Crippen LogP contribution is -2.71. The van der Waals surface area contributed by atoms with Crippen LogP contribution in [0.4, 0.5) is 35.1 Å². The molecule has 20 nitrogen and oxygen atoms in total. The van der Waals surface area contributed by atoms with E-state index in [9.17, 15) is 43.1 Å². The van der Waals surface area contributed by atoms with Gasteiger partial charge in [-0.3, -0.25) is 56.6 Å². The third-order valence-electron chi connectivity index (χ3n) is 19.0. The minimum absolute atomic E-state index is 0.358. The summed E-state index contributed by atoms with van der Waals surface area (Å²) in [4.78, 5) is 132. The molecule has 0 fully saturated rings. The molecule has 0 saturated heterocycles. The summed E-state index contributed by atoms with van der Waals surface area (Å²) < 4.78 is 125. The number of carboxylic acid groups (broad SMARTS) is 1. The molecule has 103 heavy (non-hydrogen) atoms. The van der Waals surface area contributed by atoms with Crippen molar-refractivity contribution in [3.63, 3.8) is 0 Å². The van der Waals surface area contributed by atoms with E-state index in [0.29, 0.717) is 53.1 Å². The number of fused-ring (bicyclic) bond motifs is 4. The number of nitrogens with zero attached hydrogens (tertiary/aromatic N) is 4. The number of aromatic hydroxyl groups is 4. The van der Waals surface area contributed by atoms with Gasteiger partial charge >= 0.3 is 5.97 Å². The van der Waals surface area contributed by atoms with E-state index in [0.717, 1.165) is 146 Å². The molecule has 0 aliphatic rings. The second-order valence-electron chi connectivity index (χ2n) is 24.5. The molecule has 0 bridgehead atoms. The Balaban J connectivity index is 1.44. The van der Waals surface area contributed by atoms with Crippen LogP contribution in [-0.4, -0.2) is 105 Å². The lowest BCUT2D eigenvalue weighted by atomic mass is 9.44. The number of carbonyl (C=O) groups excluding carboxylic acids is 7. The van der Waals surface area contributed by atoms with Gasteiger partial charge in [0.25, 0.3) is 23.6 Å². The molecule has 4 unspecified atom stereocenters. The zero-order chi connectivity index (χ0) is 74.6. The van der Waals surface area contributed by atoms with Crippen LogP contribution in [0, 0.1) is 74.2 Å². The third-order valence-corrected chi connectivity index (χ3v) is 19.0. The zero-order valence-electron chi connectivity index (χ0n) is 54.6. The highest BCUT2D eigenvalue weighted by Crippen LogP contribution is 2.65. The summed E-state index contributed by atoms with van der Waals surface area (Å²) in [5.41, 5.74) is -11.1. The van der Waals surface area contributed by atoms with Crippen molar-refractivity contribution < 1.29 is 99.0 Å². The molecule has 28 heteroatoms. The lowest BCUT2D eigenvalue weighted by molar-refractivity contribution is -0.152. The molecule has 12 aromatic rings. The van der Waals surface area contributed by atoms with Crippen molar-refractivity contribution in [3.05, 3.63) is 259 Å². The van der Waals surface area contributed by atoms with Crippen LogP contribution in [0.1, 0.15) is 105 Å². The number of aromatic nitrogens is 4. The van der Waals surface area contributed by atoms with E-state index in [-0.39, 0.29) is 5.52 Å². The molecule has 4 heterocycles. The van der Waals surface area contributed by atoms with Gasteiger partial charge in [0.2, 0.25) is 17.7 Å². The van der Waals surface area contributed by atoms with Crippen molar-refractivity contribution in [1.82, 2.24) is 28.9 Å². The van der Waals surface area contributed by atoms with Gasteiger partial charge in [-0.1, -0.05) is 0 Å². The minimum atomic E-state index is -4.12. The molecule has 0 radical (unpaired) electrons. The van der Waals surface area contributed by atoms with Crippen molar-refractivity contribution in [2.75, 3.05) is 13.6 Å². The first-order valence-electron chi connectivity index (χ1n) is 31.2. The van der Waals surface area contributed by atoms with E-state index in [2.05, 4.69) is 10.6 Å². The normalized spacial score (nSPS) is 13.4. The molecule has 0 aliphatic carbocycles. The summed E-state index contributed by atoms with van der Waals surface area (Å²) >= 11 is 0. The fraction of sp³-hybridized carbons (Fsp3) is 0.147. The Bertz CT molecular complexity index is 5760. The van der Waals surface area contributed by atoms with Gasteiger partial charge in [-0.2, -0.15) is 0 Å². The number of rotatable bonds is 16. The summed E-state index contributed by atoms with van der Waals surface area (Å²) in [6.07, 6.45) is 0. The maximum atomic E-state index is 18.1. The van der Waals surface area contributed by atoms with Crippen molar-refractivity contribution >= 4 is 90.9 Å². The van der Waals surface area contributed by atoms with E-state index in [1.807, 2.05) is 0 Å². The number of likely N-dealkylation sites (N-methyl/N-ethyl adjacent to an activating group) is 2. The number of halogens is 8. The first-order chi connectivity index (χ1) is 48.8. The zero-order valence-corrected chi connectivity index (χ0v) is 54.6. The number of phenols is 4. The number of amides is 3. The molecule has 9 N–H and O–H groups in total. The van der Waals surface area contributed by atoms with E-state index < -0.39 is 251 Å². The Labute approximate surface area is 575 Å². The van der Waals surface area contributed by atoms with Crippen LogP contribution < -0.4 is 16.4 Å². The Morgan fingerprint density at radius 1 is 0.408 bits per heavy atom. The lowest BCUT2D eigenvalue weighted by Gasteiger charge is -2.54. The van der Waals surface area contributed by atoms with Crippen LogP contribution in [0.5, 0.6) is 23.0 Å². The number of hydrogen-bond donors (Lipinski definition) is 8. The predicted octanol–water partition coefficient (Wildman–Crippen LogP) is 11.6. The number of nitrogens with two attached hydrogens (primary N) is 1. The predicted molar refractivity (Wildman–Crippen MR) is 356 cm³/mol. The molecular weight excluding hydrogens is 1360 g/mol. The Morgan fingerprint density at radius 2 is 0.699 bits per heavy atom. The second-order valence-corrected chi connectivity index (χ2v) is 24.5. The molecule has 3 amide bonds. The van der Waals surface area contributed by atoms with Crippen LogP contribution in [0.15, 0.2) is 146 Å². The smallest absolute Gasteiger partial charge is 0.312 e. The number of primary amides is 1. The van der Waals surface area contributed by atoms with E-state index in [1.165, 1.54) is 6.92 Å². The van der Waals surface area contributed by atoms with Gasteiger partial charge in [0.15, 0.2) is 46.5 Å². The first kappa shape index (κ1) is 70.0. The van der Waals surface area contributed by atoms with Crippen molar-refractivity contribution in [2.45, 2.75) is 57.3 Å². The van der Waals surface area contributed by atoms with Crippen LogP contribution in [0.25, 0.3) is 43.6 Å². The second kappa shape index (κ2) is 25.7. The molecule has 0 saturated carbocycles. The molecule has 12 rings (SSSR count). The SMILES string of the molecule is CCNC(=O)C(c1c(C)n(C(=O)c2ccc(F)c(F)c2)c2ccc(O)cc12)(C(C(=O)NC)c1c(C)n(C(=O)c2ccc(F)c(F)c2)c2ccc(O)cc12)C(C(N)=O)(c1c(C)n(C(=O)c2ccc(F)c(F)c2)c2ccc(O)cc12)C(C(=O)O)c1c(C)n(C(=O)c2ccc(F)c(F)c2)c2ccc(O)cc12. The molecule has 0 aliphatic heterocycles. The van der Waals surface area contributed by atoms with Gasteiger partial charge < -0.3 is 41.9 Å². The quantitative estimate of drug-likeness (QED) is 0.0418. The molecule has 4 aromatic heterocycles. The van der Waals surface area contributed by atoms with Crippen LogP contribution in [-0.2, 0) is 30.0 Å². The number of benzene rings is 8. The average molecular weight is 1410 g/mol. The summed E-state index contributed by atoms with van der Waals surface area (Å²) in [6, 6.07) is 19.4. The number of aliphatic carboxylic acids is 1. The number of carboxylic acids is 1. The van der Waals surface area contributed by atoms with Gasteiger partial charge in [0.05, 0.1) is 28.0 Å². The third kappa shape index (κ3) is 10.6. The summed E-state index contributed by atoms with van der Waals surface area (Å²) in [6.45, 7) is 4.97. The fourth-order valence-corrected chi connectivity index (χ4v) is 15.0. The minimum Gasteiger partial charge on any atom is -0.508 e. The van der Waals surface area contributed by atoms with Crippen molar-refractivity contribution in [3.8, 4) is 23.0 Å². The number of nitrogens with one attached hydrogen (secondary N) is 2. The number of phenolic OH excluding ortho intramolecular Hbond substituents is 4. The average Bonchev–Trinajstić information content (AvgIpc) is 1.53. The highest BCUT2D eigenvalue weighted by atomic mass is 19.2. The van der Waals surface area contributed by atoms with Crippen molar-refractivity contribution in [1.29, 1.82) is 0 Å². The Kier molecular flexibility index (Phi) is 17.5. The van der Waals surface area contributed by atoms with Crippen LogP contribution >= 0.6 is 0 Å². The number of carbonyl (C=O) groups is 8. The maximum Gasteiger partial charge on any atom is 0.312 e. The van der Waals surface area contributed by atoms with E-state index >= 15 is 55.9 Å². The largest absolute Gasteiger partial charge is 0.508 e. The highest BCUT2D eigenvalue weighted by molar-refractivity contribution is 6.19. The van der Waals surface area contributed by atoms with Crippen molar-refractivity contribution in [2.24, 2.45) is 5.73 Å². The van der Waals surface area contributed by atoms with Crippen LogP contribution in [0.3, 0.4) is 0 Å². The molecule has 4 atom stereocenters. The highest BCUT2D eigenvalue weighted by Gasteiger charge is 2.75. The first-order valence-corrected chi connectivity index (χ1v) is 31.2. The van der Waals surface area contributed by atoms with Gasteiger partial charge in [0, 0.05) is 80.2 Å². The van der Waals surface area contributed by atoms with E-state index in [1.54, 1.807) is 0 Å².